The first-order valence-electron chi connectivity index (χ1n) is 9.27. The Labute approximate surface area is 165 Å². The summed E-state index contributed by atoms with van der Waals surface area (Å²) in [6, 6.07) is 8.78. The number of rotatable bonds is 8. The average Bonchev–Trinajstić information content (AvgIpc) is 2.89. The molecule has 0 saturated heterocycles. The number of amides is 2. The van der Waals surface area contributed by atoms with Gasteiger partial charge in [-0.25, -0.2) is 0 Å². The van der Waals surface area contributed by atoms with Crippen LogP contribution < -0.4 is 10.6 Å². The zero-order chi connectivity index (χ0) is 20.8. The predicted octanol–water partition coefficient (Wildman–Crippen LogP) is 2.74. The molecule has 0 saturated carbocycles. The quantitative estimate of drug-likeness (QED) is 0.686. The average molecular weight is 384 g/mol. The number of hydrogen-bond donors (Lipinski definition) is 2. The van der Waals surface area contributed by atoms with Crippen molar-refractivity contribution in [3.8, 4) is 0 Å². The first-order chi connectivity index (χ1) is 13.2. The Kier molecular flexibility index (Phi) is 7.12. The largest absolute Gasteiger partial charge is 0.351 e. The minimum atomic E-state index is -0.192. The van der Waals surface area contributed by atoms with Gasteiger partial charge in [-0.15, -0.1) is 0 Å². The van der Waals surface area contributed by atoms with Crippen molar-refractivity contribution >= 4 is 29.0 Å². The second-order valence-electron chi connectivity index (χ2n) is 6.88. The van der Waals surface area contributed by atoms with Gasteiger partial charge in [0.2, 0.25) is 11.8 Å². The molecule has 0 aliphatic heterocycles. The summed E-state index contributed by atoms with van der Waals surface area (Å²) in [4.78, 5) is 37.9. The van der Waals surface area contributed by atoms with Gasteiger partial charge in [0.25, 0.3) is 0 Å². The van der Waals surface area contributed by atoms with Gasteiger partial charge in [-0.1, -0.05) is 6.92 Å². The van der Waals surface area contributed by atoms with Crippen LogP contribution in [0.1, 0.15) is 35.6 Å². The molecule has 1 heterocycles. The molecule has 7 heteroatoms. The van der Waals surface area contributed by atoms with Crippen LogP contribution in [0.4, 0.5) is 11.4 Å². The Bertz CT molecular complexity index is 869. The fourth-order valence-electron chi connectivity index (χ4n) is 2.95. The maximum absolute atomic E-state index is 12.6. The summed E-state index contributed by atoms with van der Waals surface area (Å²) >= 11 is 0. The topological polar surface area (TPSA) is 83.4 Å². The van der Waals surface area contributed by atoms with Crippen molar-refractivity contribution < 1.29 is 14.4 Å². The van der Waals surface area contributed by atoms with Crippen LogP contribution in [-0.4, -0.2) is 46.7 Å². The molecule has 2 aromatic rings. The molecule has 7 nitrogen and oxygen atoms in total. The van der Waals surface area contributed by atoms with Gasteiger partial charge in [0.1, 0.15) is 0 Å². The van der Waals surface area contributed by atoms with E-state index in [1.54, 1.807) is 24.3 Å². The van der Waals surface area contributed by atoms with Crippen molar-refractivity contribution in [2.45, 2.75) is 27.7 Å². The maximum atomic E-state index is 12.6. The summed E-state index contributed by atoms with van der Waals surface area (Å²) < 4.78 is 1.99. The summed E-state index contributed by atoms with van der Waals surface area (Å²) in [6.07, 6.45) is 0. The van der Waals surface area contributed by atoms with E-state index in [1.807, 2.05) is 43.4 Å². The summed E-state index contributed by atoms with van der Waals surface area (Å²) in [5.41, 5.74) is 3.97. The van der Waals surface area contributed by atoms with E-state index in [0.717, 1.165) is 11.4 Å². The Hall–Kier alpha value is -2.93. The van der Waals surface area contributed by atoms with Crippen LogP contribution >= 0.6 is 0 Å². The molecule has 150 valence electrons. The number of hydrogen-bond acceptors (Lipinski definition) is 4. The molecule has 0 bridgehead atoms. The number of nitrogens with one attached hydrogen (secondary N) is 2. The lowest BCUT2D eigenvalue weighted by Gasteiger charge is -2.19. The molecule has 2 rings (SSSR count). The zero-order valence-electron chi connectivity index (χ0n) is 17.1. The standard InChI is InChI=1S/C21H28N4O3/c1-6-25(12-20(27)19-11-14(2)24(5)15(19)3)13-21(28)23-18-9-7-17(8-10-18)22-16(4)26/h7-11H,6,12-13H2,1-5H3,(H,22,26)(H,23,28). The van der Waals surface area contributed by atoms with Crippen molar-refractivity contribution in [3.63, 3.8) is 0 Å². The fourth-order valence-corrected chi connectivity index (χ4v) is 2.95. The minimum absolute atomic E-state index is 0.00973. The molecule has 2 N–H and O–H groups in total. The maximum Gasteiger partial charge on any atom is 0.238 e. The van der Waals surface area contributed by atoms with Gasteiger partial charge < -0.3 is 15.2 Å². The third-order valence-electron chi connectivity index (χ3n) is 4.75. The van der Waals surface area contributed by atoms with E-state index in [-0.39, 0.29) is 30.7 Å². The first-order valence-corrected chi connectivity index (χ1v) is 9.27. The molecule has 0 unspecified atom stereocenters. The molecule has 0 radical (unpaired) electrons. The smallest absolute Gasteiger partial charge is 0.238 e. The van der Waals surface area contributed by atoms with Gasteiger partial charge >= 0.3 is 0 Å². The van der Waals surface area contributed by atoms with Gasteiger partial charge in [-0.05, 0) is 50.7 Å². The number of anilines is 2. The number of likely N-dealkylation sites (N-methyl/N-ethyl adjacent to an activating group) is 1. The van der Waals surface area contributed by atoms with E-state index in [1.165, 1.54) is 6.92 Å². The summed E-state index contributed by atoms with van der Waals surface area (Å²) in [6.45, 7) is 8.15. The number of nitrogens with zero attached hydrogens (tertiary/aromatic N) is 2. The number of carbonyl (C=O) groups excluding carboxylic acids is 3. The molecule has 28 heavy (non-hydrogen) atoms. The van der Waals surface area contributed by atoms with E-state index in [4.69, 9.17) is 0 Å². The van der Waals surface area contributed by atoms with Gasteiger partial charge in [-0.3, -0.25) is 19.3 Å². The number of aromatic nitrogens is 1. The van der Waals surface area contributed by atoms with Crippen molar-refractivity contribution in [2.24, 2.45) is 7.05 Å². The fraction of sp³-hybridized carbons (Fsp3) is 0.381. The summed E-state index contributed by atoms with van der Waals surface area (Å²) in [7, 11) is 1.93. The number of aryl methyl sites for hydroxylation is 1. The van der Waals surface area contributed by atoms with Crippen molar-refractivity contribution in [1.29, 1.82) is 0 Å². The molecule has 1 aromatic carbocycles. The van der Waals surface area contributed by atoms with Crippen LogP contribution in [0.3, 0.4) is 0 Å². The van der Waals surface area contributed by atoms with Gasteiger partial charge in [0, 0.05) is 42.3 Å². The number of ketones is 1. The molecular formula is C21H28N4O3. The van der Waals surface area contributed by atoms with Gasteiger partial charge in [-0.2, -0.15) is 0 Å². The predicted molar refractivity (Wildman–Crippen MR) is 111 cm³/mol. The SMILES string of the molecule is CCN(CC(=O)Nc1ccc(NC(C)=O)cc1)CC(=O)c1cc(C)n(C)c1C. The van der Waals surface area contributed by atoms with Crippen LogP contribution in [0, 0.1) is 13.8 Å². The highest BCUT2D eigenvalue weighted by atomic mass is 16.2. The molecule has 0 aliphatic rings. The van der Waals surface area contributed by atoms with E-state index < -0.39 is 0 Å². The van der Waals surface area contributed by atoms with E-state index in [0.29, 0.717) is 23.5 Å². The van der Waals surface area contributed by atoms with Crippen LogP contribution in [0.25, 0.3) is 0 Å². The highest BCUT2D eigenvalue weighted by Crippen LogP contribution is 2.15. The third-order valence-corrected chi connectivity index (χ3v) is 4.75. The van der Waals surface area contributed by atoms with Crippen molar-refractivity contribution in [1.82, 2.24) is 9.47 Å². The van der Waals surface area contributed by atoms with E-state index >= 15 is 0 Å². The van der Waals surface area contributed by atoms with E-state index in [9.17, 15) is 14.4 Å². The summed E-state index contributed by atoms with van der Waals surface area (Å²) in [5, 5.41) is 5.49. The molecular weight excluding hydrogens is 356 g/mol. The Balaban J connectivity index is 1.94. The second-order valence-corrected chi connectivity index (χ2v) is 6.88. The normalized spacial score (nSPS) is 10.8. The summed E-state index contributed by atoms with van der Waals surface area (Å²) in [5.74, 6) is -0.331. The minimum Gasteiger partial charge on any atom is -0.351 e. The molecule has 1 aromatic heterocycles. The van der Waals surface area contributed by atoms with Crippen LogP contribution in [0.2, 0.25) is 0 Å². The van der Waals surface area contributed by atoms with Crippen LogP contribution in [0.15, 0.2) is 30.3 Å². The number of Topliss-reactive ketones (excluding diaryl/α,β-unsaturated/α-hetero) is 1. The lowest BCUT2D eigenvalue weighted by atomic mass is 10.1. The molecule has 2 amide bonds. The lowest BCUT2D eigenvalue weighted by molar-refractivity contribution is -0.117. The first kappa shape index (κ1) is 21.4. The Morgan fingerprint density at radius 1 is 1.00 bits per heavy atom. The van der Waals surface area contributed by atoms with Gasteiger partial charge in [0.15, 0.2) is 5.78 Å². The Morgan fingerprint density at radius 2 is 1.57 bits per heavy atom. The third kappa shape index (κ3) is 5.53. The second kappa shape index (κ2) is 9.32. The van der Waals surface area contributed by atoms with Crippen molar-refractivity contribution in [3.05, 3.63) is 47.3 Å². The highest BCUT2D eigenvalue weighted by molar-refractivity contribution is 5.99. The van der Waals surface area contributed by atoms with Crippen LogP contribution in [0.5, 0.6) is 0 Å². The lowest BCUT2D eigenvalue weighted by Crippen LogP contribution is -2.37. The Morgan fingerprint density at radius 3 is 2.04 bits per heavy atom. The number of benzene rings is 1. The zero-order valence-corrected chi connectivity index (χ0v) is 17.1. The van der Waals surface area contributed by atoms with E-state index in [2.05, 4.69) is 10.6 Å². The number of carbonyl (C=O) groups is 3. The molecule has 0 atom stereocenters. The monoisotopic (exact) mass is 384 g/mol. The van der Waals surface area contributed by atoms with Crippen LogP contribution in [-0.2, 0) is 16.6 Å². The highest BCUT2D eigenvalue weighted by Gasteiger charge is 2.18. The molecule has 0 aliphatic carbocycles. The molecule has 0 fully saturated rings. The van der Waals surface area contributed by atoms with Crippen molar-refractivity contribution in [2.75, 3.05) is 30.3 Å². The molecule has 0 spiro atoms. The van der Waals surface area contributed by atoms with Gasteiger partial charge in [0.05, 0.1) is 13.1 Å².